The average Bonchev–Trinajstić information content (AvgIpc) is 3.14. The molecule has 0 aliphatic rings. The van der Waals surface area contributed by atoms with Crippen molar-refractivity contribution in [2.75, 3.05) is 5.32 Å². The Kier molecular flexibility index (Phi) is 6.62. The number of thioether (sulfide) groups is 1. The van der Waals surface area contributed by atoms with Crippen LogP contribution in [0.25, 0.3) is 22.3 Å². The minimum atomic E-state index is -2.46. The van der Waals surface area contributed by atoms with Gasteiger partial charge < -0.3 is 10.3 Å². The number of anilines is 1. The molecule has 7 heteroatoms. The molecule has 0 saturated carbocycles. The number of para-hydroxylation sites is 1. The summed E-state index contributed by atoms with van der Waals surface area (Å²) in [6, 6.07) is 20.4. The molecule has 0 aliphatic carbocycles. The fourth-order valence-electron chi connectivity index (χ4n) is 3.56. The van der Waals surface area contributed by atoms with Gasteiger partial charge in [0.2, 0.25) is 5.91 Å². The topological polar surface area (TPSA) is 57.8 Å². The average molecular weight is 438 g/mol. The number of pyridine rings is 1. The molecule has 2 aromatic carbocycles. The van der Waals surface area contributed by atoms with Crippen molar-refractivity contribution in [1.29, 1.82) is 0 Å². The van der Waals surface area contributed by atoms with Crippen molar-refractivity contribution in [3.8, 4) is 11.4 Å². The SMILES string of the molecule is O=C(CCCc1c(-c2ccccn2)[nH]c2ccccc12)Nc1ccc(SC(F)F)cc1. The van der Waals surface area contributed by atoms with Gasteiger partial charge in [-0.15, -0.1) is 0 Å². The molecule has 2 heterocycles. The van der Waals surface area contributed by atoms with E-state index in [4.69, 9.17) is 0 Å². The van der Waals surface area contributed by atoms with Crippen LogP contribution in [0.1, 0.15) is 18.4 Å². The number of nitrogens with one attached hydrogen (secondary N) is 2. The van der Waals surface area contributed by atoms with E-state index < -0.39 is 5.76 Å². The summed E-state index contributed by atoms with van der Waals surface area (Å²) in [4.78, 5) is 20.8. The number of aromatic amines is 1. The van der Waals surface area contributed by atoms with Crippen molar-refractivity contribution in [1.82, 2.24) is 9.97 Å². The summed E-state index contributed by atoms with van der Waals surface area (Å²) in [7, 11) is 0. The van der Waals surface area contributed by atoms with Crippen molar-refractivity contribution in [2.45, 2.75) is 29.9 Å². The van der Waals surface area contributed by atoms with Crippen LogP contribution in [0.5, 0.6) is 0 Å². The monoisotopic (exact) mass is 437 g/mol. The summed E-state index contributed by atoms with van der Waals surface area (Å²) in [6.07, 6.45) is 3.53. The van der Waals surface area contributed by atoms with E-state index in [-0.39, 0.29) is 5.91 Å². The smallest absolute Gasteiger partial charge is 0.288 e. The summed E-state index contributed by atoms with van der Waals surface area (Å²) in [5.74, 6) is -2.56. The van der Waals surface area contributed by atoms with Gasteiger partial charge in [0.1, 0.15) is 0 Å². The van der Waals surface area contributed by atoms with E-state index >= 15 is 0 Å². The van der Waals surface area contributed by atoms with E-state index in [1.165, 1.54) is 0 Å². The molecule has 2 aromatic heterocycles. The first-order valence-electron chi connectivity index (χ1n) is 9.96. The number of halogens is 2. The maximum absolute atomic E-state index is 12.4. The predicted molar refractivity (Wildman–Crippen MR) is 121 cm³/mol. The number of hydrogen-bond acceptors (Lipinski definition) is 3. The number of carbonyl (C=O) groups is 1. The summed E-state index contributed by atoms with van der Waals surface area (Å²) in [6.45, 7) is 0. The fourth-order valence-corrected chi connectivity index (χ4v) is 4.06. The molecule has 31 heavy (non-hydrogen) atoms. The van der Waals surface area contributed by atoms with Gasteiger partial charge in [-0.25, -0.2) is 0 Å². The Bertz CT molecular complexity index is 1160. The quantitative estimate of drug-likeness (QED) is 0.309. The highest BCUT2D eigenvalue weighted by Gasteiger charge is 2.14. The number of aromatic nitrogens is 2. The van der Waals surface area contributed by atoms with E-state index in [0.717, 1.165) is 34.3 Å². The van der Waals surface area contributed by atoms with Crippen LogP contribution in [-0.2, 0) is 11.2 Å². The second-order valence-corrected chi connectivity index (χ2v) is 8.11. The van der Waals surface area contributed by atoms with E-state index in [1.807, 2.05) is 36.4 Å². The molecule has 0 aliphatic heterocycles. The van der Waals surface area contributed by atoms with Crippen LogP contribution in [0.15, 0.2) is 77.8 Å². The zero-order valence-corrected chi connectivity index (χ0v) is 17.5. The molecular weight excluding hydrogens is 416 g/mol. The number of rotatable bonds is 8. The Labute approximate surface area is 183 Å². The van der Waals surface area contributed by atoms with Gasteiger partial charge >= 0.3 is 0 Å². The molecule has 158 valence electrons. The number of fused-ring (bicyclic) bond motifs is 1. The Morgan fingerprint density at radius 2 is 1.81 bits per heavy atom. The van der Waals surface area contributed by atoms with Gasteiger partial charge in [0.25, 0.3) is 5.76 Å². The summed E-state index contributed by atoms with van der Waals surface area (Å²) in [5.41, 5.74) is 4.65. The third-order valence-corrected chi connectivity index (χ3v) is 5.65. The number of nitrogens with zero attached hydrogens (tertiary/aromatic N) is 1. The molecule has 0 unspecified atom stereocenters. The molecule has 0 bridgehead atoms. The summed E-state index contributed by atoms with van der Waals surface area (Å²) in [5, 5.41) is 3.97. The first-order chi connectivity index (χ1) is 15.1. The van der Waals surface area contributed by atoms with Crippen LogP contribution in [0.3, 0.4) is 0 Å². The van der Waals surface area contributed by atoms with E-state index in [9.17, 15) is 13.6 Å². The van der Waals surface area contributed by atoms with E-state index in [2.05, 4.69) is 21.4 Å². The third-order valence-electron chi connectivity index (χ3n) is 4.93. The van der Waals surface area contributed by atoms with Crippen molar-refractivity contribution in [3.63, 3.8) is 0 Å². The predicted octanol–water partition coefficient (Wildman–Crippen LogP) is 6.51. The van der Waals surface area contributed by atoms with Crippen LogP contribution in [0.2, 0.25) is 0 Å². The number of H-pyrrole nitrogens is 1. The highest BCUT2D eigenvalue weighted by atomic mass is 32.2. The standard InChI is InChI=1S/C24H21F2N3OS/c25-24(26)31-17-13-11-16(12-14-17)28-22(30)10-5-7-19-18-6-1-2-8-20(18)29-23(19)21-9-3-4-15-27-21/h1-4,6,8-9,11-15,24,29H,5,7,10H2,(H,28,30). The molecule has 4 nitrogen and oxygen atoms in total. The highest BCUT2D eigenvalue weighted by Crippen LogP contribution is 2.30. The largest absolute Gasteiger partial charge is 0.353 e. The van der Waals surface area contributed by atoms with Gasteiger partial charge in [0, 0.05) is 34.1 Å². The number of benzene rings is 2. The minimum Gasteiger partial charge on any atom is -0.353 e. The highest BCUT2D eigenvalue weighted by molar-refractivity contribution is 7.99. The molecule has 4 aromatic rings. The minimum absolute atomic E-state index is 0.103. The van der Waals surface area contributed by atoms with Crippen LogP contribution >= 0.6 is 11.8 Å². The maximum atomic E-state index is 12.4. The second-order valence-electron chi connectivity index (χ2n) is 7.04. The van der Waals surface area contributed by atoms with Crippen LogP contribution in [-0.4, -0.2) is 21.6 Å². The second kappa shape index (κ2) is 9.75. The molecule has 0 atom stereocenters. The molecule has 0 spiro atoms. The summed E-state index contributed by atoms with van der Waals surface area (Å²) < 4.78 is 24.8. The lowest BCUT2D eigenvalue weighted by atomic mass is 10.0. The molecule has 0 radical (unpaired) electrons. The molecule has 4 rings (SSSR count). The number of aryl methyl sites for hydroxylation is 1. The Morgan fingerprint density at radius 1 is 1.03 bits per heavy atom. The van der Waals surface area contributed by atoms with Crippen LogP contribution < -0.4 is 5.32 Å². The zero-order valence-electron chi connectivity index (χ0n) is 16.6. The number of carbonyl (C=O) groups excluding carboxylic acids is 1. The van der Waals surface area contributed by atoms with Crippen molar-refractivity contribution in [2.24, 2.45) is 0 Å². The number of alkyl halides is 2. The molecule has 1 amide bonds. The van der Waals surface area contributed by atoms with Gasteiger partial charge in [0.05, 0.1) is 11.4 Å². The third kappa shape index (κ3) is 5.30. The first-order valence-corrected chi connectivity index (χ1v) is 10.8. The van der Waals surface area contributed by atoms with Crippen molar-refractivity contribution >= 4 is 34.3 Å². The van der Waals surface area contributed by atoms with Crippen molar-refractivity contribution < 1.29 is 13.6 Å². The van der Waals surface area contributed by atoms with Gasteiger partial charge in [-0.2, -0.15) is 8.78 Å². The molecule has 2 N–H and O–H groups in total. The lowest BCUT2D eigenvalue weighted by Crippen LogP contribution is -2.11. The maximum Gasteiger partial charge on any atom is 0.288 e. The van der Waals surface area contributed by atoms with Crippen molar-refractivity contribution in [3.05, 3.63) is 78.5 Å². The van der Waals surface area contributed by atoms with E-state index in [1.54, 1.807) is 30.5 Å². The van der Waals surface area contributed by atoms with E-state index in [0.29, 0.717) is 35.2 Å². The van der Waals surface area contributed by atoms with Gasteiger partial charge in [0.15, 0.2) is 0 Å². The Balaban J connectivity index is 1.41. The summed E-state index contributed by atoms with van der Waals surface area (Å²) >= 11 is 0.485. The normalized spacial score (nSPS) is 11.2. The number of hydrogen-bond donors (Lipinski definition) is 2. The van der Waals surface area contributed by atoms with Gasteiger partial charge in [-0.05, 0) is 60.9 Å². The first kappa shape index (κ1) is 21.1. The molecule has 0 fully saturated rings. The number of amides is 1. The lowest BCUT2D eigenvalue weighted by molar-refractivity contribution is -0.116. The van der Waals surface area contributed by atoms with Crippen LogP contribution in [0, 0.1) is 0 Å². The molecule has 0 saturated heterocycles. The Hall–Kier alpha value is -3.19. The Morgan fingerprint density at radius 3 is 2.55 bits per heavy atom. The fraction of sp³-hybridized carbons (Fsp3) is 0.167. The van der Waals surface area contributed by atoms with Gasteiger partial charge in [-0.3, -0.25) is 9.78 Å². The van der Waals surface area contributed by atoms with Crippen LogP contribution in [0.4, 0.5) is 14.5 Å². The lowest BCUT2D eigenvalue weighted by Gasteiger charge is -2.07. The molecular formula is C24H21F2N3OS. The zero-order chi connectivity index (χ0) is 21.6. The van der Waals surface area contributed by atoms with Gasteiger partial charge in [-0.1, -0.05) is 36.0 Å².